The Kier molecular flexibility index (Phi) is 3.87. The third-order valence-corrected chi connectivity index (χ3v) is 3.68. The van der Waals surface area contributed by atoms with Gasteiger partial charge >= 0.3 is 12.3 Å². The molecule has 0 amide bonds. The normalized spacial score (nSPS) is 11.7. The van der Waals surface area contributed by atoms with Crippen molar-refractivity contribution in [1.82, 2.24) is 19.7 Å². The molecule has 3 aromatic rings. The van der Waals surface area contributed by atoms with E-state index < -0.39 is 18.0 Å². The Balaban J connectivity index is 2.02. The van der Waals surface area contributed by atoms with E-state index in [4.69, 9.17) is 5.11 Å². The summed E-state index contributed by atoms with van der Waals surface area (Å²) in [6.45, 7) is 0. The number of benzene rings is 1. The van der Waals surface area contributed by atoms with Crippen molar-refractivity contribution >= 4 is 44.6 Å². The largest absolute Gasteiger partial charge is 0.463 e. The minimum atomic E-state index is -4.59. The highest BCUT2D eigenvalue weighted by Gasteiger charge is 2.32. The number of fused-ring (bicyclic) bond motifs is 1. The van der Waals surface area contributed by atoms with Gasteiger partial charge in [0, 0.05) is 21.7 Å². The molecule has 7 nitrogen and oxygen atoms in total. The molecule has 0 fully saturated rings. The van der Waals surface area contributed by atoms with Crippen molar-refractivity contribution < 1.29 is 23.1 Å². The van der Waals surface area contributed by atoms with Gasteiger partial charge in [-0.15, -0.1) is 0 Å². The average molecular weight is 402 g/mol. The first kappa shape index (κ1) is 16.2. The monoisotopic (exact) mass is 401 g/mol. The van der Waals surface area contributed by atoms with Gasteiger partial charge in [0.1, 0.15) is 5.69 Å². The van der Waals surface area contributed by atoms with Crippen LogP contribution < -0.4 is 5.32 Å². The second-order valence-electron chi connectivity index (χ2n) is 4.62. The SMILES string of the molecule is O=C(O)n1ncc2c(Br)cc(Nc3nccc(C(F)(F)F)n3)cc21. The van der Waals surface area contributed by atoms with E-state index in [-0.39, 0.29) is 11.5 Å². The Bertz CT molecular complexity index is 941. The molecule has 0 radical (unpaired) electrons. The molecule has 0 aliphatic rings. The molecule has 2 heterocycles. The van der Waals surface area contributed by atoms with Gasteiger partial charge in [-0.25, -0.2) is 14.8 Å². The second kappa shape index (κ2) is 5.74. The van der Waals surface area contributed by atoms with Crippen LogP contribution in [-0.4, -0.2) is 30.9 Å². The van der Waals surface area contributed by atoms with Crippen LogP contribution in [0.25, 0.3) is 10.9 Å². The van der Waals surface area contributed by atoms with E-state index in [9.17, 15) is 18.0 Å². The van der Waals surface area contributed by atoms with Crippen LogP contribution in [0.15, 0.2) is 35.1 Å². The quantitative estimate of drug-likeness (QED) is 0.676. The first-order chi connectivity index (χ1) is 11.3. The van der Waals surface area contributed by atoms with Gasteiger partial charge in [0.05, 0.1) is 11.7 Å². The number of carbonyl (C=O) groups is 1. The van der Waals surface area contributed by atoms with Gasteiger partial charge in [-0.2, -0.15) is 23.0 Å². The first-order valence-corrected chi connectivity index (χ1v) is 7.13. The Labute approximate surface area is 140 Å². The van der Waals surface area contributed by atoms with Gasteiger partial charge in [0.15, 0.2) is 0 Å². The molecule has 0 saturated heterocycles. The maximum Gasteiger partial charge on any atom is 0.433 e. The number of aromatic nitrogens is 4. The lowest BCUT2D eigenvalue weighted by Crippen LogP contribution is -2.10. The molecule has 1 aromatic carbocycles. The molecule has 0 aliphatic heterocycles. The first-order valence-electron chi connectivity index (χ1n) is 6.33. The van der Waals surface area contributed by atoms with Gasteiger partial charge < -0.3 is 10.4 Å². The summed E-state index contributed by atoms with van der Waals surface area (Å²) in [6.07, 6.45) is -3.54. The molecule has 0 saturated carbocycles. The molecule has 11 heteroatoms. The highest BCUT2D eigenvalue weighted by atomic mass is 79.9. The zero-order chi connectivity index (χ0) is 17.5. The maximum atomic E-state index is 12.7. The van der Waals surface area contributed by atoms with E-state index in [1.54, 1.807) is 6.07 Å². The summed E-state index contributed by atoms with van der Waals surface area (Å²) in [5.74, 6) is -0.266. The van der Waals surface area contributed by atoms with E-state index in [2.05, 4.69) is 36.3 Å². The van der Waals surface area contributed by atoms with Gasteiger partial charge in [-0.1, -0.05) is 0 Å². The smallest absolute Gasteiger partial charge is 0.433 e. The van der Waals surface area contributed by atoms with Gasteiger partial charge in [-0.05, 0) is 34.1 Å². The average Bonchev–Trinajstić information content (AvgIpc) is 2.91. The number of alkyl halides is 3. The van der Waals surface area contributed by atoms with Crippen molar-refractivity contribution in [3.05, 3.63) is 40.8 Å². The molecule has 2 aromatic heterocycles. The molecule has 24 heavy (non-hydrogen) atoms. The van der Waals surface area contributed by atoms with Crippen LogP contribution in [0.1, 0.15) is 5.69 Å². The summed E-state index contributed by atoms with van der Waals surface area (Å²) in [5.41, 5.74) is -0.529. The van der Waals surface area contributed by atoms with E-state index >= 15 is 0 Å². The highest BCUT2D eigenvalue weighted by Crippen LogP contribution is 2.31. The molecule has 0 spiro atoms. The van der Waals surface area contributed by atoms with Crippen molar-refractivity contribution in [2.45, 2.75) is 6.18 Å². The van der Waals surface area contributed by atoms with Crippen molar-refractivity contribution in [2.24, 2.45) is 0 Å². The van der Waals surface area contributed by atoms with Crippen LogP contribution in [0.5, 0.6) is 0 Å². The van der Waals surface area contributed by atoms with Crippen molar-refractivity contribution in [3.63, 3.8) is 0 Å². The lowest BCUT2D eigenvalue weighted by Gasteiger charge is -2.09. The summed E-state index contributed by atoms with van der Waals surface area (Å²) in [5, 5.41) is 16.0. The number of hydrogen-bond acceptors (Lipinski definition) is 5. The predicted octanol–water partition coefficient (Wildman–Crippen LogP) is 3.88. The molecule has 0 unspecified atom stereocenters. The molecule has 0 atom stereocenters. The fourth-order valence-electron chi connectivity index (χ4n) is 2.01. The van der Waals surface area contributed by atoms with Crippen LogP contribution in [0.3, 0.4) is 0 Å². The Morgan fingerprint density at radius 3 is 2.75 bits per heavy atom. The third-order valence-electron chi connectivity index (χ3n) is 3.02. The predicted molar refractivity (Wildman–Crippen MR) is 81.2 cm³/mol. The van der Waals surface area contributed by atoms with Crippen molar-refractivity contribution in [2.75, 3.05) is 5.32 Å². The maximum absolute atomic E-state index is 12.7. The number of nitrogens with zero attached hydrogens (tertiary/aromatic N) is 4. The van der Waals surface area contributed by atoms with Crippen LogP contribution in [0.4, 0.5) is 29.6 Å². The number of halogens is 4. The van der Waals surface area contributed by atoms with Crippen molar-refractivity contribution in [3.8, 4) is 0 Å². The van der Waals surface area contributed by atoms with Crippen LogP contribution in [0.2, 0.25) is 0 Å². The Hall–Kier alpha value is -2.69. The minimum Gasteiger partial charge on any atom is -0.463 e. The molecule has 2 N–H and O–H groups in total. The van der Waals surface area contributed by atoms with E-state index in [0.717, 1.165) is 16.9 Å². The fourth-order valence-corrected chi connectivity index (χ4v) is 2.57. The molecule has 124 valence electrons. The van der Waals surface area contributed by atoms with Crippen LogP contribution in [-0.2, 0) is 6.18 Å². The number of rotatable bonds is 2. The van der Waals surface area contributed by atoms with Gasteiger partial charge in [-0.3, -0.25) is 0 Å². The Morgan fingerprint density at radius 1 is 1.33 bits per heavy atom. The van der Waals surface area contributed by atoms with E-state index in [1.807, 2.05) is 0 Å². The fraction of sp³-hybridized carbons (Fsp3) is 0.0769. The summed E-state index contributed by atoms with van der Waals surface area (Å²) in [6, 6.07) is 3.73. The zero-order valence-electron chi connectivity index (χ0n) is 11.5. The number of nitrogens with one attached hydrogen (secondary N) is 1. The molecular formula is C13H7BrF3N5O2. The lowest BCUT2D eigenvalue weighted by atomic mass is 10.2. The van der Waals surface area contributed by atoms with Crippen LogP contribution >= 0.6 is 15.9 Å². The highest BCUT2D eigenvalue weighted by molar-refractivity contribution is 9.10. The molecule has 3 rings (SSSR count). The number of carboxylic acid groups (broad SMARTS) is 1. The second-order valence-corrected chi connectivity index (χ2v) is 5.47. The van der Waals surface area contributed by atoms with Gasteiger partial charge in [0.2, 0.25) is 5.95 Å². The van der Waals surface area contributed by atoms with Gasteiger partial charge in [0.25, 0.3) is 0 Å². The molecule has 0 bridgehead atoms. The minimum absolute atomic E-state index is 0.256. The molecule has 0 aliphatic carbocycles. The summed E-state index contributed by atoms with van der Waals surface area (Å²) in [7, 11) is 0. The standard InChI is InChI=1S/C13H7BrF3N5O2/c14-8-3-6(4-9-7(8)5-19-22(9)12(23)24)20-11-18-2-1-10(21-11)13(15,16)17/h1-5H,(H,23,24)(H,18,20,21). The summed E-state index contributed by atoms with van der Waals surface area (Å²) < 4.78 is 39.3. The lowest BCUT2D eigenvalue weighted by molar-refractivity contribution is -0.141. The third kappa shape index (κ3) is 3.02. The molecular weight excluding hydrogens is 395 g/mol. The summed E-state index contributed by atoms with van der Waals surface area (Å²) in [4.78, 5) is 18.2. The van der Waals surface area contributed by atoms with E-state index in [0.29, 0.717) is 15.5 Å². The summed E-state index contributed by atoms with van der Waals surface area (Å²) >= 11 is 3.26. The zero-order valence-corrected chi connectivity index (χ0v) is 13.1. The number of hydrogen-bond donors (Lipinski definition) is 2. The topological polar surface area (TPSA) is 92.9 Å². The van der Waals surface area contributed by atoms with E-state index in [1.165, 1.54) is 12.3 Å². The number of anilines is 2. The van der Waals surface area contributed by atoms with Crippen molar-refractivity contribution in [1.29, 1.82) is 0 Å². The van der Waals surface area contributed by atoms with Crippen LogP contribution in [0, 0.1) is 0 Å². The Morgan fingerprint density at radius 2 is 2.08 bits per heavy atom.